The van der Waals surface area contributed by atoms with E-state index in [1.165, 1.54) is 16.9 Å². The van der Waals surface area contributed by atoms with Crippen molar-refractivity contribution in [3.63, 3.8) is 0 Å². The molecule has 0 bridgehead atoms. The van der Waals surface area contributed by atoms with Crippen molar-refractivity contribution >= 4 is 5.91 Å². The van der Waals surface area contributed by atoms with Crippen LogP contribution in [-0.4, -0.2) is 52.3 Å². The number of likely N-dealkylation sites (N-methyl/N-ethyl adjacent to an activating group) is 1. The average Bonchev–Trinajstić information content (AvgIpc) is 3.16. The number of benzene rings is 2. The number of halogens is 1. The van der Waals surface area contributed by atoms with Crippen LogP contribution in [0, 0.1) is 5.82 Å². The number of amides is 1. The lowest BCUT2D eigenvalue weighted by Gasteiger charge is -2.17. The number of ether oxygens (including phenoxy) is 2. The van der Waals surface area contributed by atoms with Gasteiger partial charge in [0.25, 0.3) is 0 Å². The Bertz CT molecular complexity index is 976. The fraction of sp³-hybridized carbons (Fsp3) is 0.263. The molecule has 0 atom stereocenters. The zero-order valence-corrected chi connectivity index (χ0v) is 15.8. The van der Waals surface area contributed by atoms with Crippen molar-refractivity contribution in [3.8, 4) is 22.9 Å². The fourth-order valence-corrected chi connectivity index (χ4v) is 2.64. The molecule has 0 aliphatic rings. The predicted molar refractivity (Wildman–Crippen MR) is 99.2 cm³/mol. The molecule has 2 aromatic carbocycles. The maximum atomic E-state index is 13.3. The molecule has 1 heterocycles. The molecule has 28 heavy (non-hydrogen) atoms. The molecule has 0 spiro atoms. The Morgan fingerprint density at radius 1 is 1.14 bits per heavy atom. The fourth-order valence-electron chi connectivity index (χ4n) is 2.64. The lowest BCUT2D eigenvalue weighted by atomic mass is 10.2. The second kappa shape index (κ2) is 8.47. The van der Waals surface area contributed by atoms with E-state index >= 15 is 0 Å². The summed E-state index contributed by atoms with van der Waals surface area (Å²) in [5.74, 6) is 0.892. The van der Waals surface area contributed by atoms with Gasteiger partial charge in [0, 0.05) is 19.2 Å². The molecule has 0 aliphatic carbocycles. The summed E-state index contributed by atoms with van der Waals surface area (Å²) in [5, 5.41) is 11.9. The van der Waals surface area contributed by atoms with Crippen LogP contribution in [0.15, 0.2) is 42.5 Å². The molecule has 3 rings (SSSR count). The molecule has 1 aromatic heterocycles. The van der Waals surface area contributed by atoms with E-state index in [2.05, 4.69) is 15.4 Å². The van der Waals surface area contributed by atoms with Crippen molar-refractivity contribution in [1.82, 2.24) is 25.1 Å². The van der Waals surface area contributed by atoms with Gasteiger partial charge in [-0.3, -0.25) is 4.79 Å². The van der Waals surface area contributed by atoms with E-state index < -0.39 is 0 Å². The second-order valence-electron chi connectivity index (χ2n) is 6.09. The highest BCUT2D eigenvalue weighted by molar-refractivity contribution is 5.75. The van der Waals surface area contributed by atoms with Crippen LogP contribution in [-0.2, 0) is 17.9 Å². The van der Waals surface area contributed by atoms with Crippen LogP contribution in [0.2, 0.25) is 0 Å². The Balaban J connectivity index is 1.65. The maximum Gasteiger partial charge on any atom is 0.246 e. The van der Waals surface area contributed by atoms with Crippen LogP contribution < -0.4 is 9.47 Å². The monoisotopic (exact) mass is 385 g/mol. The van der Waals surface area contributed by atoms with E-state index in [0.29, 0.717) is 23.6 Å². The lowest BCUT2D eigenvalue weighted by Crippen LogP contribution is -2.30. The zero-order valence-electron chi connectivity index (χ0n) is 15.8. The molecule has 8 nitrogen and oxygen atoms in total. The van der Waals surface area contributed by atoms with Gasteiger partial charge in [0.05, 0.1) is 14.2 Å². The van der Waals surface area contributed by atoms with Crippen LogP contribution in [0.1, 0.15) is 5.56 Å². The van der Waals surface area contributed by atoms with Gasteiger partial charge in [0.2, 0.25) is 11.7 Å². The van der Waals surface area contributed by atoms with E-state index in [1.54, 1.807) is 44.4 Å². The number of carbonyl (C=O) groups is 1. The topological polar surface area (TPSA) is 82.4 Å². The first-order chi connectivity index (χ1) is 13.5. The number of rotatable bonds is 7. The molecule has 0 aliphatic heterocycles. The van der Waals surface area contributed by atoms with Crippen molar-refractivity contribution in [1.29, 1.82) is 0 Å². The van der Waals surface area contributed by atoms with E-state index in [0.717, 1.165) is 5.56 Å². The number of aromatic nitrogens is 4. The van der Waals surface area contributed by atoms with Crippen molar-refractivity contribution in [3.05, 3.63) is 53.8 Å². The van der Waals surface area contributed by atoms with Crippen LogP contribution in [0.5, 0.6) is 11.5 Å². The Kier molecular flexibility index (Phi) is 5.83. The molecule has 0 saturated carbocycles. The number of tetrazole rings is 1. The van der Waals surface area contributed by atoms with Gasteiger partial charge < -0.3 is 14.4 Å². The van der Waals surface area contributed by atoms with Crippen molar-refractivity contribution in [2.75, 3.05) is 21.3 Å². The standard InChI is InChI=1S/C19H20FN5O3/c1-24(11-13-7-8-16(27-2)17(9-13)28-3)18(26)12-25-22-19(21-23-25)14-5-4-6-15(20)10-14/h4-10H,11-12H2,1-3H3. The van der Waals surface area contributed by atoms with Crippen LogP contribution in [0.4, 0.5) is 4.39 Å². The zero-order chi connectivity index (χ0) is 20.1. The van der Waals surface area contributed by atoms with Crippen LogP contribution in [0.25, 0.3) is 11.4 Å². The molecule has 9 heteroatoms. The van der Waals surface area contributed by atoms with Gasteiger partial charge in [-0.25, -0.2) is 4.39 Å². The number of carbonyl (C=O) groups excluding carboxylic acids is 1. The lowest BCUT2D eigenvalue weighted by molar-refractivity contribution is -0.131. The first-order valence-electron chi connectivity index (χ1n) is 8.48. The molecular formula is C19H20FN5O3. The molecule has 1 amide bonds. The quantitative estimate of drug-likeness (QED) is 0.620. The minimum atomic E-state index is -0.389. The summed E-state index contributed by atoms with van der Waals surface area (Å²) in [5.41, 5.74) is 1.39. The Labute approximate surface area is 161 Å². The predicted octanol–water partition coefficient (Wildman–Crippen LogP) is 2.16. The minimum absolute atomic E-state index is 0.0773. The third-order valence-electron chi connectivity index (χ3n) is 4.11. The Morgan fingerprint density at radius 2 is 1.93 bits per heavy atom. The van der Waals surface area contributed by atoms with E-state index in [-0.39, 0.29) is 24.1 Å². The van der Waals surface area contributed by atoms with Crippen molar-refractivity contribution < 1.29 is 18.7 Å². The first-order valence-corrected chi connectivity index (χ1v) is 8.48. The summed E-state index contributed by atoms with van der Waals surface area (Å²) < 4.78 is 23.8. The SMILES string of the molecule is COc1ccc(CN(C)C(=O)Cn2nnc(-c3cccc(F)c3)n2)cc1OC. The highest BCUT2D eigenvalue weighted by Crippen LogP contribution is 2.27. The summed E-state index contributed by atoms with van der Waals surface area (Å²) >= 11 is 0. The summed E-state index contributed by atoms with van der Waals surface area (Å²) in [4.78, 5) is 15.2. The molecule has 0 saturated heterocycles. The molecule has 3 aromatic rings. The van der Waals surface area contributed by atoms with E-state index in [9.17, 15) is 9.18 Å². The highest BCUT2D eigenvalue weighted by Gasteiger charge is 2.15. The molecule has 0 N–H and O–H groups in total. The largest absolute Gasteiger partial charge is 0.493 e. The van der Waals surface area contributed by atoms with Crippen molar-refractivity contribution in [2.45, 2.75) is 13.1 Å². The normalized spacial score (nSPS) is 10.6. The van der Waals surface area contributed by atoms with Crippen LogP contribution >= 0.6 is 0 Å². The van der Waals surface area contributed by atoms with E-state index in [4.69, 9.17) is 9.47 Å². The maximum absolute atomic E-state index is 13.3. The van der Waals surface area contributed by atoms with Gasteiger partial charge in [0.1, 0.15) is 12.4 Å². The molecule has 146 valence electrons. The molecule has 0 fully saturated rings. The third-order valence-corrected chi connectivity index (χ3v) is 4.11. The van der Waals surface area contributed by atoms with Gasteiger partial charge in [0.15, 0.2) is 11.5 Å². The number of hydrogen-bond donors (Lipinski definition) is 0. The smallest absolute Gasteiger partial charge is 0.246 e. The van der Waals surface area contributed by atoms with Crippen LogP contribution in [0.3, 0.4) is 0 Å². The molecular weight excluding hydrogens is 365 g/mol. The van der Waals surface area contributed by atoms with Gasteiger partial charge in [-0.15, -0.1) is 10.2 Å². The molecule has 0 radical (unpaired) electrons. The van der Waals surface area contributed by atoms with E-state index in [1.807, 2.05) is 12.1 Å². The average molecular weight is 385 g/mol. The van der Waals surface area contributed by atoms with Gasteiger partial charge in [-0.1, -0.05) is 18.2 Å². The second-order valence-corrected chi connectivity index (χ2v) is 6.09. The highest BCUT2D eigenvalue weighted by atomic mass is 19.1. The summed E-state index contributed by atoms with van der Waals surface area (Å²) in [6, 6.07) is 11.4. The van der Waals surface area contributed by atoms with Crippen molar-refractivity contribution in [2.24, 2.45) is 0 Å². The summed E-state index contributed by atoms with van der Waals surface area (Å²) in [6.07, 6.45) is 0. The first kappa shape index (κ1) is 19.3. The Hall–Kier alpha value is -3.49. The number of hydrogen-bond acceptors (Lipinski definition) is 6. The summed E-state index contributed by atoms with van der Waals surface area (Å²) in [6.45, 7) is 0.302. The summed E-state index contributed by atoms with van der Waals surface area (Å²) in [7, 11) is 4.81. The van der Waals surface area contributed by atoms with Gasteiger partial charge in [-0.2, -0.15) is 4.80 Å². The Morgan fingerprint density at radius 3 is 2.64 bits per heavy atom. The minimum Gasteiger partial charge on any atom is -0.493 e. The number of nitrogens with zero attached hydrogens (tertiary/aromatic N) is 5. The number of methoxy groups -OCH3 is 2. The van der Waals surface area contributed by atoms with Gasteiger partial charge >= 0.3 is 0 Å². The molecule has 0 unspecified atom stereocenters. The third kappa shape index (κ3) is 4.43. The van der Waals surface area contributed by atoms with Gasteiger partial charge in [-0.05, 0) is 35.0 Å².